The minimum absolute atomic E-state index is 0.123. The van der Waals surface area contributed by atoms with E-state index in [9.17, 15) is 14.4 Å². The molecule has 0 atom stereocenters. The zero-order valence-electron chi connectivity index (χ0n) is 23.8. The van der Waals surface area contributed by atoms with Gasteiger partial charge in [-0.2, -0.15) is 0 Å². The fourth-order valence-corrected chi connectivity index (χ4v) is 4.32. The SMILES string of the molecule is COc1cc(-c2cn(C)c(=O)c3cnccc23)cc(OC)c1CN(C)CC(=O)NCCCC(=O)OC(C)(C)C. The van der Waals surface area contributed by atoms with E-state index in [2.05, 4.69) is 10.3 Å². The Labute approximate surface area is 228 Å². The zero-order chi connectivity index (χ0) is 28.7. The molecule has 0 aliphatic carbocycles. The molecule has 210 valence electrons. The fraction of sp³-hybridized carbons (Fsp3) is 0.448. The van der Waals surface area contributed by atoms with E-state index < -0.39 is 5.60 Å². The number of hydrogen-bond acceptors (Lipinski definition) is 8. The van der Waals surface area contributed by atoms with Gasteiger partial charge < -0.3 is 24.1 Å². The number of carbonyl (C=O) groups excluding carboxylic acids is 2. The first kappa shape index (κ1) is 29.6. The van der Waals surface area contributed by atoms with Crippen LogP contribution in [0, 0.1) is 0 Å². The van der Waals surface area contributed by atoms with Crippen molar-refractivity contribution in [3.63, 3.8) is 0 Å². The third-order valence-electron chi connectivity index (χ3n) is 6.05. The molecular weight excluding hydrogens is 500 g/mol. The van der Waals surface area contributed by atoms with Crippen LogP contribution in [0.25, 0.3) is 21.9 Å². The third-order valence-corrected chi connectivity index (χ3v) is 6.05. The first-order valence-corrected chi connectivity index (χ1v) is 12.8. The fourth-order valence-electron chi connectivity index (χ4n) is 4.32. The van der Waals surface area contributed by atoms with Gasteiger partial charge in [-0.3, -0.25) is 24.3 Å². The average molecular weight is 539 g/mol. The molecule has 0 spiro atoms. The van der Waals surface area contributed by atoms with E-state index in [1.54, 1.807) is 39.9 Å². The number of ether oxygens (including phenoxy) is 3. The number of likely N-dealkylation sites (N-methyl/N-ethyl adjacent to an activating group) is 1. The number of esters is 1. The molecule has 2 aromatic heterocycles. The molecule has 1 aromatic carbocycles. The monoisotopic (exact) mass is 538 g/mol. The number of carbonyl (C=O) groups is 2. The minimum Gasteiger partial charge on any atom is -0.496 e. The minimum atomic E-state index is -0.520. The lowest BCUT2D eigenvalue weighted by atomic mass is 9.99. The van der Waals surface area contributed by atoms with Crippen LogP contribution in [-0.2, 0) is 27.9 Å². The summed E-state index contributed by atoms with van der Waals surface area (Å²) in [5.74, 6) is 0.774. The quantitative estimate of drug-likeness (QED) is 0.292. The van der Waals surface area contributed by atoms with Gasteiger partial charge in [0.25, 0.3) is 5.56 Å². The van der Waals surface area contributed by atoms with Crippen LogP contribution in [0.15, 0.2) is 41.6 Å². The van der Waals surface area contributed by atoms with E-state index in [0.717, 1.165) is 22.1 Å². The summed E-state index contributed by atoms with van der Waals surface area (Å²) in [6.07, 6.45) is 5.77. The molecule has 10 nitrogen and oxygen atoms in total. The van der Waals surface area contributed by atoms with Gasteiger partial charge in [0.2, 0.25) is 5.91 Å². The summed E-state index contributed by atoms with van der Waals surface area (Å²) >= 11 is 0. The van der Waals surface area contributed by atoms with Crippen molar-refractivity contribution in [1.82, 2.24) is 19.8 Å². The number of pyridine rings is 2. The van der Waals surface area contributed by atoms with Gasteiger partial charge in [-0.1, -0.05) is 0 Å². The second-order valence-corrected chi connectivity index (χ2v) is 10.5. The molecule has 39 heavy (non-hydrogen) atoms. The molecule has 1 amide bonds. The Bertz CT molecular complexity index is 1370. The first-order valence-electron chi connectivity index (χ1n) is 12.8. The van der Waals surface area contributed by atoms with Crippen LogP contribution >= 0.6 is 0 Å². The summed E-state index contributed by atoms with van der Waals surface area (Å²) in [5, 5.41) is 4.16. The van der Waals surface area contributed by atoms with Gasteiger partial charge in [-0.05, 0) is 63.4 Å². The number of aryl methyl sites for hydroxylation is 1. The molecule has 0 aliphatic heterocycles. The lowest BCUT2D eigenvalue weighted by Gasteiger charge is -2.21. The molecular formula is C29H38N4O6. The van der Waals surface area contributed by atoms with Crippen molar-refractivity contribution in [2.75, 3.05) is 34.4 Å². The highest BCUT2D eigenvalue weighted by molar-refractivity contribution is 5.95. The van der Waals surface area contributed by atoms with Crippen molar-refractivity contribution >= 4 is 22.6 Å². The number of nitrogens with one attached hydrogen (secondary N) is 1. The maximum atomic E-state index is 12.6. The first-order chi connectivity index (χ1) is 18.4. The summed E-state index contributed by atoms with van der Waals surface area (Å²) < 4.78 is 18.3. The van der Waals surface area contributed by atoms with Crippen LogP contribution in [0.3, 0.4) is 0 Å². The summed E-state index contributed by atoms with van der Waals surface area (Å²) in [6, 6.07) is 5.63. The number of amides is 1. The molecule has 0 bridgehead atoms. The maximum Gasteiger partial charge on any atom is 0.306 e. The number of fused-ring (bicyclic) bond motifs is 1. The molecule has 3 rings (SSSR count). The Hall–Kier alpha value is -3.92. The predicted octanol–water partition coefficient (Wildman–Crippen LogP) is 3.29. The van der Waals surface area contributed by atoms with E-state index in [1.807, 2.05) is 50.9 Å². The van der Waals surface area contributed by atoms with Crippen molar-refractivity contribution in [3.8, 4) is 22.6 Å². The van der Waals surface area contributed by atoms with Gasteiger partial charge in [0.1, 0.15) is 17.1 Å². The van der Waals surface area contributed by atoms with Crippen LogP contribution in [0.2, 0.25) is 0 Å². The Balaban J connectivity index is 1.72. The molecule has 3 aromatic rings. The van der Waals surface area contributed by atoms with Gasteiger partial charge in [0, 0.05) is 50.7 Å². The highest BCUT2D eigenvalue weighted by Gasteiger charge is 2.19. The molecule has 0 fully saturated rings. The van der Waals surface area contributed by atoms with Gasteiger partial charge in [-0.15, -0.1) is 0 Å². The van der Waals surface area contributed by atoms with Crippen LogP contribution in [0.5, 0.6) is 11.5 Å². The zero-order valence-corrected chi connectivity index (χ0v) is 23.8. The smallest absolute Gasteiger partial charge is 0.306 e. The van der Waals surface area contributed by atoms with Crippen LogP contribution in [-0.4, -0.2) is 66.3 Å². The molecule has 2 heterocycles. The lowest BCUT2D eigenvalue weighted by Crippen LogP contribution is -2.35. The van der Waals surface area contributed by atoms with Crippen LogP contribution in [0.4, 0.5) is 0 Å². The number of methoxy groups -OCH3 is 2. The number of rotatable bonds is 11. The van der Waals surface area contributed by atoms with Crippen molar-refractivity contribution in [2.45, 2.75) is 45.8 Å². The van der Waals surface area contributed by atoms with Gasteiger partial charge in [-0.25, -0.2) is 0 Å². The second-order valence-electron chi connectivity index (χ2n) is 10.5. The maximum absolute atomic E-state index is 12.6. The van der Waals surface area contributed by atoms with Gasteiger partial charge >= 0.3 is 5.97 Å². The number of aromatic nitrogens is 2. The van der Waals surface area contributed by atoms with E-state index in [1.165, 1.54) is 4.57 Å². The normalized spacial score (nSPS) is 11.5. The molecule has 0 unspecified atom stereocenters. The largest absolute Gasteiger partial charge is 0.496 e. The van der Waals surface area contributed by atoms with Crippen molar-refractivity contribution in [2.24, 2.45) is 7.05 Å². The Morgan fingerprint density at radius 1 is 1.10 bits per heavy atom. The van der Waals surface area contributed by atoms with Crippen molar-refractivity contribution < 1.29 is 23.8 Å². The van der Waals surface area contributed by atoms with E-state index in [-0.39, 0.29) is 30.4 Å². The third kappa shape index (κ3) is 7.79. The van der Waals surface area contributed by atoms with Crippen molar-refractivity contribution in [1.29, 1.82) is 0 Å². The second kappa shape index (κ2) is 12.8. The highest BCUT2D eigenvalue weighted by atomic mass is 16.6. The standard InChI is InChI=1S/C29H38N4O6/c1-29(2,3)39-27(35)9-8-11-31-26(34)18-32(4)16-23-24(37-6)13-19(14-25(23)38-7)22-17-33(5)28(36)21-15-30-12-10-20(21)22/h10,12-15,17H,8-9,11,16,18H2,1-7H3,(H,31,34). The van der Waals surface area contributed by atoms with Gasteiger partial charge in [0.15, 0.2) is 0 Å². The summed E-state index contributed by atoms with van der Waals surface area (Å²) in [6.45, 7) is 6.41. The summed E-state index contributed by atoms with van der Waals surface area (Å²) in [5.41, 5.74) is 1.82. The molecule has 10 heteroatoms. The average Bonchev–Trinajstić information content (AvgIpc) is 2.87. The number of nitrogens with zero attached hydrogens (tertiary/aromatic N) is 3. The molecule has 0 saturated carbocycles. The molecule has 0 radical (unpaired) electrons. The summed E-state index contributed by atoms with van der Waals surface area (Å²) in [7, 11) is 6.71. The Kier molecular flexibility index (Phi) is 9.69. The van der Waals surface area contributed by atoms with Crippen LogP contribution in [0.1, 0.15) is 39.2 Å². The van der Waals surface area contributed by atoms with Gasteiger partial charge in [0.05, 0.1) is 31.7 Å². The Morgan fingerprint density at radius 2 is 1.77 bits per heavy atom. The lowest BCUT2D eigenvalue weighted by molar-refractivity contribution is -0.155. The molecule has 0 aliphatic rings. The predicted molar refractivity (Wildman–Crippen MR) is 150 cm³/mol. The molecule has 0 saturated heterocycles. The van der Waals surface area contributed by atoms with Crippen molar-refractivity contribution in [3.05, 3.63) is 52.7 Å². The topological polar surface area (TPSA) is 112 Å². The molecule has 1 N–H and O–H groups in total. The van der Waals surface area contributed by atoms with Crippen LogP contribution < -0.4 is 20.3 Å². The summed E-state index contributed by atoms with van der Waals surface area (Å²) in [4.78, 5) is 42.9. The highest BCUT2D eigenvalue weighted by Crippen LogP contribution is 2.37. The number of hydrogen-bond donors (Lipinski definition) is 1. The number of benzene rings is 1. The van der Waals surface area contributed by atoms with E-state index >= 15 is 0 Å². The Morgan fingerprint density at radius 3 is 2.38 bits per heavy atom. The van der Waals surface area contributed by atoms with E-state index in [4.69, 9.17) is 14.2 Å². The van der Waals surface area contributed by atoms with E-state index in [0.29, 0.717) is 36.4 Å².